The molecular weight excluding hydrogens is 216 g/mol. The summed E-state index contributed by atoms with van der Waals surface area (Å²) in [6.45, 7) is 5.73. The van der Waals surface area contributed by atoms with E-state index in [0.29, 0.717) is 12.3 Å². The first kappa shape index (κ1) is 12.3. The number of aliphatic imine (C=N–C) groups is 1. The molecule has 0 fully saturated rings. The summed E-state index contributed by atoms with van der Waals surface area (Å²) in [6.07, 6.45) is -1.10. The van der Waals surface area contributed by atoms with Crippen molar-refractivity contribution in [2.45, 2.75) is 32.6 Å². The van der Waals surface area contributed by atoms with Crippen LogP contribution in [0.15, 0.2) is 4.99 Å². The molecule has 0 spiro atoms. The molecule has 5 nitrogen and oxygen atoms in total. The first-order valence-electron chi connectivity index (χ1n) is 4.71. The van der Waals surface area contributed by atoms with Crippen molar-refractivity contribution in [1.82, 2.24) is 5.32 Å². The lowest BCUT2D eigenvalue weighted by Crippen LogP contribution is -2.34. The standard InChI is InChI=1S/C9H16N2O3S/c1-9(2,3)14-8(13)10-4-7-11-6(12)5-15-7/h6,12H,4-5H2,1-3H3,(H,10,13). The van der Waals surface area contributed by atoms with Crippen LogP contribution in [0.2, 0.25) is 0 Å². The number of thioether (sulfide) groups is 1. The van der Waals surface area contributed by atoms with Crippen molar-refractivity contribution in [3.8, 4) is 0 Å². The third-order valence-electron chi connectivity index (χ3n) is 1.47. The van der Waals surface area contributed by atoms with Crippen molar-refractivity contribution < 1.29 is 14.6 Å². The van der Waals surface area contributed by atoms with Crippen molar-refractivity contribution in [3.05, 3.63) is 0 Å². The fourth-order valence-corrected chi connectivity index (χ4v) is 1.76. The van der Waals surface area contributed by atoms with Crippen LogP contribution in [-0.2, 0) is 4.74 Å². The molecule has 0 radical (unpaired) electrons. The second kappa shape index (κ2) is 4.85. The van der Waals surface area contributed by atoms with Crippen LogP contribution in [-0.4, -0.2) is 40.4 Å². The predicted molar refractivity (Wildman–Crippen MR) is 60.1 cm³/mol. The Morgan fingerprint density at radius 1 is 1.73 bits per heavy atom. The molecule has 0 aromatic carbocycles. The Morgan fingerprint density at radius 2 is 2.40 bits per heavy atom. The van der Waals surface area contributed by atoms with Crippen LogP contribution in [0.5, 0.6) is 0 Å². The molecule has 15 heavy (non-hydrogen) atoms. The Kier molecular flexibility index (Phi) is 3.98. The largest absolute Gasteiger partial charge is 0.444 e. The third-order valence-corrected chi connectivity index (χ3v) is 2.52. The van der Waals surface area contributed by atoms with Crippen LogP contribution in [0.3, 0.4) is 0 Å². The smallest absolute Gasteiger partial charge is 0.407 e. The summed E-state index contributed by atoms with van der Waals surface area (Å²) in [7, 11) is 0. The highest BCUT2D eigenvalue weighted by molar-refractivity contribution is 8.14. The molecule has 1 aliphatic heterocycles. The van der Waals surface area contributed by atoms with Crippen molar-refractivity contribution in [1.29, 1.82) is 0 Å². The predicted octanol–water partition coefficient (Wildman–Crippen LogP) is 0.975. The van der Waals surface area contributed by atoms with Crippen LogP contribution in [0, 0.1) is 0 Å². The normalized spacial score (nSPS) is 21.1. The molecule has 1 heterocycles. The van der Waals surface area contributed by atoms with Gasteiger partial charge in [0.15, 0.2) is 6.23 Å². The number of hydrogen-bond donors (Lipinski definition) is 2. The highest BCUT2D eigenvalue weighted by Crippen LogP contribution is 2.15. The number of alkyl carbamates (subject to hydrolysis) is 1. The van der Waals surface area contributed by atoms with E-state index in [9.17, 15) is 4.79 Å². The van der Waals surface area contributed by atoms with E-state index in [1.807, 2.05) is 0 Å². The number of hydrogen-bond acceptors (Lipinski definition) is 5. The van der Waals surface area contributed by atoms with Crippen molar-refractivity contribution in [2.75, 3.05) is 12.3 Å². The number of aliphatic hydroxyl groups is 1. The van der Waals surface area contributed by atoms with Gasteiger partial charge in [-0.05, 0) is 20.8 Å². The second-order valence-electron chi connectivity index (χ2n) is 4.17. The van der Waals surface area contributed by atoms with Crippen molar-refractivity contribution in [3.63, 3.8) is 0 Å². The van der Waals surface area contributed by atoms with E-state index in [1.54, 1.807) is 20.8 Å². The van der Waals surface area contributed by atoms with E-state index in [4.69, 9.17) is 9.84 Å². The molecule has 0 aliphatic carbocycles. The number of carbonyl (C=O) groups excluding carboxylic acids is 1. The number of rotatable bonds is 2. The fraction of sp³-hybridized carbons (Fsp3) is 0.778. The Labute approximate surface area is 93.3 Å². The minimum atomic E-state index is -0.634. The molecule has 1 rings (SSSR count). The number of nitrogens with zero attached hydrogens (tertiary/aromatic N) is 1. The highest BCUT2D eigenvalue weighted by Gasteiger charge is 2.18. The lowest BCUT2D eigenvalue weighted by atomic mass is 10.2. The summed E-state index contributed by atoms with van der Waals surface area (Å²) >= 11 is 1.44. The van der Waals surface area contributed by atoms with Crippen LogP contribution in [0.25, 0.3) is 0 Å². The van der Waals surface area contributed by atoms with E-state index >= 15 is 0 Å². The molecule has 2 N–H and O–H groups in total. The SMILES string of the molecule is CC(C)(C)OC(=O)NCC1=NC(O)CS1. The lowest BCUT2D eigenvalue weighted by Gasteiger charge is -2.19. The average molecular weight is 232 g/mol. The molecular formula is C9H16N2O3S. The number of nitrogens with one attached hydrogen (secondary N) is 1. The summed E-state index contributed by atoms with van der Waals surface area (Å²) in [5.41, 5.74) is -0.492. The topological polar surface area (TPSA) is 70.9 Å². The Hall–Kier alpha value is -0.750. The van der Waals surface area contributed by atoms with Gasteiger partial charge in [-0.3, -0.25) is 0 Å². The molecule has 0 aromatic heterocycles. The van der Waals surface area contributed by atoms with Crippen LogP contribution >= 0.6 is 11.8 Å². The molecule has 1 aliphatic rings. The maximum Gasteiger partial charge on any atom is 0.407 e. The summed E-state index contributed by atoms with van der Waals surface area (Å²) in [4.78, 5) is 15.2. The molecule has 0 saturated heterocycles. The van der Waals surface area contributed by atoms with E-state index in [-0.39, 0.29) is 0 Å². The molecule has 1 unspecified atom stereocenters. The van der Waals surface area contributed by atoms with Gasteiger partial charge in [0, 0.05) is 5.75 Å². The fourth-order valence-electron chi connectivity index (χ4n) is 0.970. The van der Waals surface area contributed by atoms with Gasteiger partial charge in [0.1, 0.15) is 5.60 Å². The van der Waals surface area contributed by atoms with Crippen LogP contribution in [0.1, 0.15) is 20.8 Å². The summed E-state index contributed by atoms with van der Waals surface area (Å²) in [5, 5.41) is 12.4. The zero-order valence-corrected chi connectivity index (χ0v) is 9.93. The van der Waals surface area contributed by atoms with Gasteiger partial charge >= 0.3 is 6.09 Å². The quantitative estimate of drug-likeness (QED) is 0.744. The van der Waals surface area contributed by atoms with E-state index in [2.05, 4.69) is 10.3 Å². The summed E-state index contributed by atoms with van der Waals surface area (Å²) in [5.74, 6) is 0.561. The third kappa shape index (κ3) is 5.03. The molecule has 1 atom stereocenters. The van der Waals surface area contributed by atoms with Crippen molar-refractivity contribution >= 4 is 22.9 Å². The van der Waals surface area contributed by atoms with Crippen molar-refractivity contribution in [2.24, 2.45) is 4.99 Å². The number of amides is 1. The van der Waals surface area contributed by atoms with E-state index in [1.165, 1.54) is 11.8 Å². The zero-order valence-electron chi connectivity index (χ0n) is 9.11. The molecule has 86 valence electrons. The van der Waals surface area contributed by atoms with E-state index < -0.39 is 17.9 Å². The molecule has 1 amide bonds. The van der Waals surface area contributed by atoms with Gasteiger partial charge in [-0.2, -0.15) is 0 Å². The maximum atomic E-state index is 11.2. The summed E-state index contributed by atoms with van der Waals surface area (Å²) in [6, 6.07) is 0. The molecule has 0 saturated carbocycles. The highest BCUT2D eigenvalue weighted by atomic mass is 32.2. The van der Waals surface area contributed by atoms with Gasteiger partial charge in [-0.25, -0.2) is 9.79 Å². The first-order chi connectivity index (χ1) is 6.87. The van der Waals surface area contributed by atoms with Gasteiger partial charge in [-0.1, -0.05) is 0 Å². The lowest BCUT2D eigenvalue weighted by molar-refractivity contribution is 0.0536. The Morgan fingerprint density at radius 3 is 2.87 bits per heavy atom. The minimum absolute atomic E-state index is 0.316. The Balaban J connectivity index is 2.26. The van der Waals surface area contributed by atoms with Gasteiger partial charge in [0.05, 0.1) is 11.6 Å². The van der Waals surface area contributed by atoms with Crippen LogP contribution < -0.4 is 5.32 Å². The zero-order chi connectivity index (χ0) is 11.5. The van der Waals surface area contributed by atoms with Gasteiger partial charge in [0.2, 0.25) is 0 Å². The maximum absolute atomic E-state index is 11.2. The minimum Gasteiger partial charge on any atom is -0.444 e. The average Bonchev–Trinajstić information content (AvgIpc) is 2.45. The molecule has 0 aromatic rings. The van der Waals surface area contributed by atoms with Gasteiger partial charge in [-0.15, -0.1) is 11.8 Å². The number of ether oxygens (including phenoxy) is 1. The van der Waals surface area contributed by atoms with Gasteiger partial charge in [0.25, 0.3) is 0 Å². The summed E-state index contributed by atoms with van der Waals surface area (Å²) < 4.78 is 5.05. The van der Waals surface area contributed by atoms with E-state index in [0.717, 1.165) is 5.04 Å². The molecule has 6 heteroatoms. The monoisotopic (exact) mass is 232 g/mol. The molecule has 0 bridgehead atoms. The second-order valence-corrected chi connectivity index (χ2v) is 5.26. The number of aliphatic hydroxyl groups excluding tert-OH is 1. The Bertz CT molecular complexity index is 273. The van der Waals surface area contributed by atoms with Crippen LogP contribution in [0.4, 0.5) is 4.79 Å². The first-order valence-corrected chi connectivity index (χ1v) is 5.70. The number of carbonyl (C=O) groups is 1. The van der Waals surface area contributed by atoms with Gasteiger partial charge < -0.3 is 15.2 Å².